The van der Waals surface area contributed by atoms with Crippen LogP contribution in [-0.2, 0) is 29.3 Å². The zero-order chi connectivity index (χ0) is 26.0. The van der Waals surface area contributed by atoms with Gasteiger partial charge in [-0.2, -0.15) is 0 Å². The summed E-state index contributed by atoms with van der Waals surface area (Å²) in [4.78, 5) is 3.39. The quantitative estimate of drug-likeness (QED) is 0.0475. The Morgan fingerprint density at radius 3 is 1.97 bits per heavy atom. The Kier molecular flexibility index (Phi) is 17.7. The third-order valence-corrected chi connectivity index (χ3v) is 7.01. The molecule has 2 aromatic carbocycles. The van der Waals surface area contributed by atoms with Crippen LogP contribution in [0.25, 0.3) is 11.1 Å². The zero-order valence-electron chi connectivity index (χ0n) is 23.7. The van der Waals surface area contributed by atoms with Crippen molar-refractivity contribution in [2.45, 2.75) is 118 Å². The van der Waals surface area contributed by atoms with E-state index in [4.69, 9.17) is 0 Å². The largest absolute Gasteiger partial charge is 0.348 e. The van der Waals surface area contributed by atoms with Crippen molar-refractivity contribution in [2.75, 3.05) is 0 Å². The van der Waals surface area contributed by atoms with Gasteiger partial charge in [0.25, 0.3) is 0 Å². The molecule has 2 nitrogen and oxygen atoms in total. The molecular formula is C34H48N2Ni. The van der Waals surface area contributed by atoms with Crippen LogP contribution in [0.1, 0.15) is 127 Å². The zero-order valence-corrected chi connectivity index (χ0v) is 24.7. The van der Waals surface area contributed by atoms with E-state index in [2.05, 4.69) is 86.9 Å². The Balaban J connectivity index is 0.00000684. The van der Waals surface area contributed by atoms with Gasteiger partial charge in [-0.1, -0.05) is 115 Å². The number of aryl methyl sites for hydroxylation is 2. The van der Waals surface area contributed by atoms with Gasteiger partial charge in [-0.3, -0.25) is 0 Å². The number of benzene rings is 2. The summed E-state index contributed by atoms with van der Waals surface area (Å²) < 4.78 is 0. The molecule has 2 aromatic rings. The summed E-state index contributed by atoms with van der Waals surface area (Å²) in [5, 5.41) is 0. The van der Waals surface area contributed by atoms with Crippen molar-refractivity contribution >= 4 is 11.4 Å². The summed E-state index contributed by atoms with van der Waals surface area (Å²) in [5.41, 5.74) is 18.4. The predicted molar refractivity (Wildman–Crippen MR) is 157 cm³/mol. The molecule has 0 aliphatic heterocycles. The maximum atomic E-state index is 9.50. The van der Waals surface area contributed by atoms with Crippen LogP contribution in [0, 0.1) is 0 Å². The van der Waals surface area contributed by atoms with E-state index in [9.17, 15) is 5.53 Å². The molecule has 2 rings (SSSR count). The normalized spacial score (nSPS) is 11.2. The van der Waals surface area contributed by atoms with E-state index < -0.39 is 0 Å². The smallest absolute Gasteiger partial charge is 0.303 e. The van der Waals surface area contributed by atoms with Gasteiger partial charge in [0.2, 0.25) is 0 Å². The minimum atomic E-state index is 0. The fourth-order valence-corrected chi connectivity index (χ4v) is 4.84. The molecule has 0 radical (unpaired) electrons. The molecule has 0 unspecified atom stereocenters. The van der Waals surface area contributed by atoms with Crippen molar-refractivity contribution in [2.24, 2.45) is 0 Å². The first-order valence-corrected chi connectivity index (χ1v) is 14.6. The van der Waals surface area contributed by atoms with Crippen molar-refractivity contribution < 1.29 is 21.3 Å². The topological polar surface area (TPSA) is 36.4 Å². The molecule has 0 spiro atoms. The van der Waals surface area contributed by atoms with E-state index in [1.165, 1.54) is 71.9 Å². The fraction of sp³-hybridized carbons (Fsp3) is 0.529. The second-order valence-electron chi connectivity index (χ2n) is 10.1. The van der Waals surface area contributed by atoms with Crippen molar-refractivity contribution in [3.8, 4) is 0 Å². The Morgan fingerprint density at radius 2 is 1.32 bits per heavy atom. The molecule has 0 heterocycles. The SMILES string of the molecule is CCCCCCc1ccc(C(=C(CCCC)C(=C=[N+]=[N-])CCCC)c2cccc(CCCC)c2)cc1.[Ni]. The van der Waals surface area contributed by atoms with E-state index in [-0.39, 0.29) is 16.5 Å². The fourth-order valence-electron chi connectivity index (χ4n) is 4.84. The van der Waals surface area contributed by atoms with Crippen molar-refractivity contribution in [3.05, 3.63) is 87.5 Å². The van der Waals surface area contributed by atoms with E-state index >= 15 is 0 Å². The van der Waals surface area contributed by atoms with E-state index in [1.54, 1.807) is 0 Å². The number of hydrogen-bond donors (Lipinski definition) is 0. The molecule has 0 aliphatic rings. The summed E-state index contributed by atoms with van der Waals surface area (Å²) in [6.07, 6.45) is 16.1. The van der Waals surface area contributed by atoms with Gasteiger partial charge < -0.3 is 5.53 Å². The van der Waals surface area contributed by atoms with Crippen molar-refractivity contribution in [3.63, 3.8) is 0 Å². The van der Waals surface area contributed by atoms with Gasteiger partial charge in [0.05, 0.1) is 5.57 Å². The second kappa shape index (κ2) is 19.9. The van der Waals surface area contributed by atoms with Gasteiger partial charge in [-0.05, 0) is 84.8 Å². The average Bonchev–Trinajstić information content (AvgIpc) is 2.91. The molecule has 0 aromatic heterocycles. The molecular weight excluding hydrogens is 495 g/mol. The van der Waals surface area contributed by atoms with Crippen LogP contribution in [-0.4, -0.2) is 10.7 Å². The number of hydrogen-bond acceptors (Lipinski definition) is 0. The Bertz CT molecular complexity index is 1020. The van der Waals surface area contributed by atoms with E-state index in [0.29, 0.717) is 0 Å². The molecule has 3 heteroatoms. The monoisotopic (exact) mass is 542 g/mol. The second-order valence-corrected chi connectivity index (χ2v) is 10.1. The standard InChI is InChI=1S/C34H48N2.Ni/c1-5-9-13-14-17-28-22-24-30(25-23-28)34(31-20-15-18-29(26-31)16-10-6-2)33(21-12-8-4)32(27-36-35)19-11-7-3;/h15,18,20,22-26H,5-14,16-17,19,21H2,1-4H3;. The summed E-state index contributed by atoms with van der Waals surface area (Å²) >= 11 is 0. The first-order valence-electron chi connectivity index (χ1n) is 14.6. The maximum Gasteiger partial charge on any atom is 0.303 e. The van der Waals surface area contributed by atoms with Crippen LogP contribution in [0.5, 0.6) is 0 Å². The van der Waals surface area contributed by atoms with Gasteiger partial charge in [0, 0.05) is 16.5 Å². The van der Waals surface area contributed by atoms with Crippen molar-refractivity contribution in [1.29, 1.82) is 0 Å². The Morgan fingerprint density at radius 1 is 0.676 bits per heavy atom. The third kappa shape index (κ3) is 11.4. The Labute approximate surface area is 237 Å². The average molecular weight is 543 g/mol. The van der Waals surface area contributed by atoms with E-state index in [0.717, 1.165) is 56.9 Å². The van der Waals surface area contributed by atoms with Gasteiger partial charge in [-0.25, -0.2) is 0 Å². The number of allylic oxidation sites excluding steroid dienone is 2. The van der Waals surface area contributed by atoms with E-state index in [1.807, 2.05) is 0 Å². The Hall–Kier alpha value is -2.17. The van der Waals surface area contributed by atoms with Gasteiger partial charge in [0.15, 0.2) is 0 Å². The first-order chi connectivity index (χ1) is 17.7. The third-order valence-electron chi connectivity index (χ3n) is 7.01. The molecule has 0 bridgehead atoms. The van der Waals surface area contributed by atoms with Gasteiger partial charge in [0.1, 0.15) is 0 Å². The van der Waals surface area contributed by atoms with Gasteiger partial charge >= 0.3 is 5.87 Å². The molecule has 0 fully saturated rings. The van der Waals surface area contributed by atoms with Crippen LogP contribution in [0.2, 0.25) is 0 Å². The number of rotatable bonds is 17. The number of unbranched alkanes of at least 4 members (excludes halogenated alkanes) is 6. The maximum absolute atomic E-state index is 9.50. The van der Waals surface area contributed by atoms with Crippen LogP contribution in [0.3, 0.4) is 0 Å². The van der Waals surface area contributed by atoms with Crippen LogP contribution in [0.4, 0.5) is 0 Å². The summed E-state index contributed by atoms with van der Waals surface area (Å²) in [5.74, 6) is 2.99. The summed E-state index contributed by atoms with van der Waals surface area (Å²) in [6.45, 7) is 8.97. The molecule has 0 atom stereocenters. The number of nitrogens with zero attached hydrogens (tertiary/aromatic N) is 2. The molecule has 0 amide bonds. The minimum absolute atomic E-state index is 0. The molecule has 204 valence electrons. The minimum Gasteiger partial charge on any atom is -0.348 e. The van der Waals surface area contributed by atoms with Crippen LogP contribution < -0.4 is 0 Å². The molecule has 37 heavy (non-hydrogen) atoms. The predicted octanol–water partition coefficient (Wildman–Crippen LogP) is 10.2. The first kappa shape index (κ1) is 32.9. The molecule has 0 N–H and O–H groups in total. The summed E-state index contributed by atoms with van der Waals surface area (Å²) in [6, 6.07) is 18.3. The van der Waals surface area contributed by atoms with Crippen molar-refractivity contribution in [1.82, 2.24) is 0 Å². The van der Waals surface area contributed by atoms with Crippen LogP contribution >= 0.6 is 0 Å². The molecule has 0 saturated heterocycles. The summed E-state index contributed by atoms with van der Waals surface area (Å²) in [7, 11) is 0. The van der Waals surface area contributed by atoms with Crippen LogP contribution in [0.15, 0.2) is 59.7 Å². The molecule has 0 saturated carbocycles. The molecule has 0 aliphatic carbocycles. The van der Waals surface area contributed by atoms with Gasteiger partial charge in [-0.15, -0.1) is 4.79 Å².